The van der Waals surface area contributed by atoms with Gasteiger partial charge in [0.25, 0.3) is 5.56 Å². The van der Waals surface area contributed by atoms with E-state index in [-0.39, 0.29) is 11.2 Å². The summed E-state index contributed by atoms with van der Waals surface area (Å²) in [7, 11) is 0. The standard InChI is InChI=1S/C11H17N3O2/c15-10-5-7-14(11(16)13-10)8-6-12-9-3-1-2-4-9/h5,7,9,12H,1-4,6,8H2,(H,13,15,16). The van der Waals surface area contributed by atoms with Crippen molar-refractivity contribution in [2.45, 2.75) is 38.3 Å². The topological polar surface area (TPSA) is 66.9 Å². The molecule has 0 unspecified atom stereocenters. The highest BCUT2D eigenvalue weighted by atomic mass is 16.2. The van der Waals surface area contributed by atoms with Crippen LogP contribution < -0.4 is 16.6 Å². The molecule has 16 heavy (non-hydrogen) atoms. The zero-order valence-electron chi connectivity index (χ0n) is 9.24. The molecule has 0 aromatic carbocycles. The lowest BCUT2D eigenvalue weighted by Crippen LogP contribution is -2.34. The van der Waals surface area contributed by atoms with E-state index in [2.05, 4.69) is 10.3 Å². The highest BCUT2D eigenvalue weighted by Gasteiger charge is 2.13. The minimum atomic E-state index is -0.343. The van der Waals surface area contributed by atoms with Gasteiger partial charge in [-0.25, -0.2) is 4.79 Å². The summed E-state index contributed by atoms with van der Waals surface area (Å²) in [6, 6.07) is 1.98. The van der Waals surface area contributed by atoms with Gasteiger partial charge in [0.05, 0.1) is 0 Å². The summed E-state index contributed by atoms with van der Waals surface area (Å²) in [6.45, 7) is 1.38. The molecule has 0 bridgehead atoms. The van der Waals surface area contributed by atoms with E-state index in [1.165, 1.54) is 42.5 Å². The van der Waals surface area contributed by atoms with Crippen LogP contribution in [0.5, 0.6) is 0 Å². The first-order valence-corrected chi connectivity index (χ1v) is 5.79. The number of nitrogens with one attached hydrogen (secondary N) is 2. The first-order valence-electron chi connectivity index (χ1n) is 5.79. The van der Waals surface area contributed by atoms with E-state index in [1.807, 2.05) is 0 Å². The van der Waals surface area contributed by atoms with Crippen LogP contribution in [-0.2, 0) is 6.54 Å². The number of rotatable bonds is 4. The molecule has 1 aromatic heterocycles. The van der Waals surface area contributed by atoms with E-state index in [0.717, 1.165) is 6.54 Å². The van der Waals surface area contributed by atoms with Crippen molar-refractivity contribution in [3.63, 3.8) is 0 Å². The van der Waals surface area contributed by atoms with Gasteiger partial charge in [-0.3, -0.25) is 14.3 Å². The molecule has 0 saturated heterocycles. The molecule has 0 amide bonds. The minimum absolute atomic E-state index is 0.333. The molecule has 0 spiro atoms. The molecule has 0 radical (unpaired) electrons. The minimum Gasteiger partial charge on any atom is -0.312 e. The second kappa shape index (κ2) is 5.12. The van der Waals surface area contributed by atoms with Crippen molar-refractivity contribution in [3.05, 3.63) is 33.1 Å². The third-order valence-corrected chi connectivity index (χ3v) is 3.04. The smallest absolute Gasteiger partial charge is 0.312 e. The Balaban J connectivity index is 1.84. The molecule has 2 rings (SSSR count). The molecule has 2 N–H and O–H groups in total. The summed E-state index contributed by atoms with van der Waals surface area (Å²) >= 11 is 0. The van der Waals surface area contributed by atoms with Gasteiger partial charge >= 0.3 is 5.69 Å². The molecular formula is C11H17N3O2. The summed E-state index contributed by atoms with van der Waals surface area (Å²) in [5.41, 5.74) is -0.675. The Labute approximate surface area is 93.5 Å². The Bertz CT molecular complexity index is 443. The maximum atomic E-state index is 11.3. The lowest BCUT2D eigenvalue weighted by atomic mass is 10.2. The van der Waals surface area contributed by atoms with E-state index in [4.69, 9.17) is 0 Å². The van der Waals surface area contributed by atoms with Gasteiger partial charge in [0.2, 0.25) is 0 Å². The first kappa shape index (κ1) is 11.1. The lowest BCUT2D eigenvalue weighted by Gasteiger charge is -2.12. The maximum Gasteiger partial charge on any atom is 0.328 e. The summed E-state index contributed by atoms with van der Waals surface area (Å²) in [6.07, 6.45) is 6.62. The van der Waals surface area contributed by atoms with Gasteiger partial charge in [-0.2, -0.15) is 0 Å². The van der Waals surface area contributed by atoms with Gasteiger partial charge < -0.3 is 5.32 Å². The molecule has 1 aliphatic carbocycles. The van der Waals surface area contributed by atoms with Gasteiger partial charge in [0.15, 0.2) is 0 Å². The van der Waals surface area contributed by atoms with E-state index in [0.29, 0.717) is 12.6 Å². The van der Waals surface area contributed by atoms with Crippen molar-refractivity contribution in [2.75, 3.05) is 6.54 Å². The molecule has 1 aliphatic rings. The van der Waals surface area contributed by atoms with Gasteiger partial charge in [-0.1, -0.05) is 12.8 Å². The lowest BCUT2D eigenvalue weighted by molar-refractivity contribution is 0.489. The molecule has 0 aliphatic heterocycles. The molecule has 1 heterocycles. The number of aromatic amines is 1. The molecule has 1 fully saturated rings. The van der Waals surface area contributed by atoms with Crippen molar-refractivity contribution in [1.29, 1.82) is 0 Å². The van der Waals surface area contributed by atoms with E-state index < -0.39 is 0 Å². The van der Waals surface area contributed by atoms with Crippen LogP contribution in [0.15, 0.2) is 21.9 Å². The maximum absolute atomic E-state index is 11.3. The van der Waals surface area contributed by atoms with Crippen molar-refractivity contribution in [1.82, 2.24) is 14.9 Å². The molecule has 5 nitrogen and oxygen atoms in total. The number of H-pyrrole nitrogens is 1. The summed E-state index contributed by atoms with van der Waals surface area (Å²) in [4.78, 5) is 24.4. The van der Waals surface area contributed by atoms with Crippen LogP contribution in [0.2, 0.25) is 0 Å². The van der Waals surface area contributed by atoms with Crippen LogP contribution in [0.1, 0.15) is 25.7 Å². The number of hydrogen-bond donors (Lipinski definition) is 2. The van der Waals surface area contributed by atoms with Crippen LogP contribution >= 0.6 is 0 Å². The Hall–Kier alpha value is -1.36. The van der Waals surface area contributed by atoms with Crippen LogP contribution in [0.4, 0.5) is 0 Å². The third kappa shape index (κ3) is 2.82. The van der Waals surface area contributed by atoms with Crippen molar-refractivity contribution in [2.24, 2.45) is 0 Å². The summed E-state index contributed by atoms with van der Waals surface area (Å²) < 4.78 is 1.52. The van der Waals surface area contributed by atoms with Crippen LogP contribution in [0, 0.1) is 0 Å². The number of nitrogens with zero attached hydrogens (tertiary/aromatic N) is 1. The van der Waals surface area contributed by atoms with Crippen LogP contribution in [0.25, 0.3) is 0 Å². The van der Waals surface area contributed by atoms with E-state index in [1.54, 1.807) is 0 Å². The van der Waals surface area contributed by atoms with Crippen molar-refractivity contribution >= 4 is 0 Å². The number of hydrogen-bond acceptors (Lipinski definition) is 3. The summed E-state index contributed by atoms with van der Waals surface area (Å²) in [5, 5.41) is 3.42. The fourth-order valence-electron chi connectivity index (χ4n) is 2.14. The third-order valence-electron chi connectivity index (χ3n) is 3.04. The van der Waals surface area contributed by atoms with E-state index >= 15 is 0 Å². The largest absolute Gasteiger partial charge is 0.328 e. The Morgan fingerprint density at radius 3 is 2.81 bits per heavy atom. The normalized spacial score (nSPS) is 16.8. The first-order chi connectivity index (χ1) is 7.75. The molecule has 5 heteroatoms. The molecule has 88 valence electrons. The predicted octanol–water partition coefficient (Wildman–Crippen LogP) is 0.0688. The fraction of sp³-hybridized carbons (Fsp3) is 0.636. The number of aromatic nitrogens is 2. The van der Waals surface area contributed by atoms with Gasteiger partial charge in [-0.15, -0.1) is 0 Å². The second-order valence-corrected chi connectivity index (χ2v) is 4.24. The Kier molecular flexibility index (Phi) is 3.56. The van der Waals surface area contributed by atoms with Crippen LogP contribution in [0.3, 0.4) is 0 Å². The molecule has 0 atom stereocenters. The molecule has 1 aromatic rings. The van der Waals surface area contributed by atoms with Gasteiger partial charge in [0.1, 0.15) is 0 Å². The van der Waals surface area contributed by atoms with E-state index in [9.17, 15) is 9.59 Å². The monoisotopic (exact) mass is 223 g/mol. The quantitative estimate of drug-likeness (QED) is 0.759. The average Bonchev–Trinajstić information content (AvgIpc) is 2.74. The predicted molar refractivity (Wildman–Crippen MR) is 61.6 cm³/mol. The average molecular weight is 223 g/mol. The van der Waals surface area contributed by atoms with Crippen LogP contribution in [-0.4, -0.2) is 22.1 Å². The molecular weight excluding hydrogens is 206 g/mol. The zero-order valence-corrected chi connectivity index (χ0v) is 9.24. The zero-order chi connectivity index (χ0) is 11.4. The fourth-order valence-corrected chi connectivity index (χ4v) is 2.14. The van der Waals surface area contributed by atoms with Gasteiger partial charge in [0, 0.05) is 31.4 Å². The van der Waals surface area contributed by atoms with Crippen molar-refractivity contribution in [3.8, 4) is 0 Å². The van der Waals surface area contributed by atoms with Gasteiger partial charge in [-0.05, 0) is 12.8 Å². The highest BCUT2D eigenvalue weighted by molar-refractivity contribution is 4.83. The Morgan fingerprint density at radius 2 is 2.12 bits per heavy atom. The molecule has 1 saturated carbocycles. The second-order valence-electron chi connectivity index (χ2n) is 4.24. The van der Waals surface area contributed by atoms with Crippen molar-refractivity contribution < 1.29 is 0 Å². The SMILES string of the molecule is O=c1ccn(CCNC2CCCC2)c(=O)[nH]1. The highest BCUT2D eigenvalue weighted by Crippen LogP contribution is 2.17. The summed E-state index contributed by atoms with van der Waals surface area (Å²) in [5.74, 6) is 0. The Morgan fingerprint density at radius 1 is 1.38 bits per heavy atom.